The first-order valence-electron chi connectivity index (χ1n) is 5.82. The Bertz CT molecular complexity index is 579. The van der Waals surface area contributed by atoms with Gasteiger partial charge >= 0.3 is 5.97 Å². The van der Waals surface area contributed by atoms with E-state index in [2.05, 4.69) is 15.2 Å². The van der Waals surface area contributed by atoms with E-state index in [4.69, 9.17) is 5.11 Å². The van der Waals surface area contributed by atoms with Crippen LogP contribution in [0.4, 0.5) is 5.69 Å². The number of aromatic carboxylic acids is 1. The van der Waals surface area contributed by atoms with Crippen LogP contribution in [0.2, 0.25) is 0 Å². The summed E-state index contributed by atoms with van der Waals surface area (Å²) in [6.45, 7) is 1.90. The number of carboxylic acid groups (broad SMARTS) is 1. The van der Waals surface area contributed by atoms with E-state index in [0.29, 0.717) is 5.69 Å². The van der Waals surface area contributed by atoms with E-state index in [1.165, 1.54) is 12.1 Å². The van der Waals surface area contributed by atoms with E-state index in [1.54, 1.807) is 18.3 Å². The maximum absolute atomic E-state index is 10.7. The number of benzene rings is 1. The second kappa shape index (κ2) is 5.86. The van der Waals surface area contributed by atoms with Crippen molar-refractivity contribution < 1.29 is 9.90 Å². The highest BCUT2D eigenvalue weighted by Gasteiger charge is 2.04. The zero-order valence-corrected chi connectivity index (χ0v) is 10.4. The van der Waals surface area contributed by atoms with Crippen LogP contribution in [-0.4, -0.2) is 16.1 Å². The Morgan fingerprint density at radius 1 is 1.21 bits per heavy atom. The Morgan fingerprint density at radius 3 is 2.53 bits per heavy atom. The number of carbonyl (C=O) groups is 1. The first kappa shape index (κ1) is 12.9. The summed E-state index contributed by atoms with van der Waals surface area (Å²) in [6, 6.07) is 11.7. The van der Waals surface area contributed by atoms with E-state index in [1.807, 2.05) is 25.1 Å². The van der Waals surface area contributed by atoms with Crippen LogP contribution in [-0.2, 0) is 0 Å². The SMILES string of the molecule is C[C@@H](N=Nc1ccc(C(=O)O)cc1)c1ccccn1. The normalized spacial score (nSPS) is 12.5. The third-order valence-corrected chi connectivity index (χ3v) is 2.58. The van der Waals surface area contributed by atoms with Crippen LogP contribution in [0, 0.1) is 0 Å². The van der Waals surface area contributed by atoms with Gasteiger partial charge in [0.25, 0.3) is 0 Å². The van der Waals surface area contributed by atoms with Crippen LogP contribution in [0.3, 0.4) is 0 Å². The van der Waals surface area contributed by atoms with E-state index in [0.717, 1.165) is 5.69 Å². The van der Waals surface area contributed by atoms with Crippen molar-refractivity contribution in [1.82, 2.24) is 4.98 Å². The molecule has 0 unspecified atom stereocenters. The van der Waals surface area contributed by atoms with E-state index in [-0.39, 0.29) is 11.6 Å². The Labute approximate surface area is 110 Å². The molecule has 0 aliphatic carbocycles. The van der Waals surface area contributed by atoms with Crippen LogP contribution >= 0.6 is 0 Å². The minimum absolute atomic E-state index is 0.139. The van der Waals surface area contributed by atoms with Gasteiger partial charge in [0.2, 0.25) is 0 Å². The van der Waals surface area contributed by atoms with Gasteiger partial charge in [-0.2, -0.15) is 10.2 Å². The summed E-state index contributed by atoms with van der Waals surface area (Å²) in [4.78, 5) is 14.9. The number of azo groups is 1. The molecule has 2 rings (SSSR count). The fraction of sp³-hybridized carbons (Fsp3) is 0.143. The number of hydrogen-bond donors (Lipinski definition) is 1. The van der Waals surface area contributed by atoms with Crippen LogP contribution < -0.4 is 0 Å². The first-order chi connectivity index (χ1) is 9.16. The fourth-order valence-corrected chi connectivity index (χ4v) is 1.51. The van der Waals surface area contributed by atoms with Gasteiger partial charge in [0.05, 0.1) is 16.9 Å². The zero-order chi connectivity index (χ0) is 13.7. The molecular weight excluding hydrogens is 242 g/mol. The van der Waals surface area contributed by atoms with Crippen molar-refractivity contribution in [2.45, 2.75) is 13.0 Å². The third kappa shape index (κ3) is 3.45. The molecule has 0 bridgehead atoms. The monoisotopic (exact) mass is 255 g/mol. The molecule has 5 nitrogen and oxygen atoms in total. The lowest BCUT2D eigenvalue weighted by atomic mass is 10.2. The predicted molar refractivity (Wildman–Crippen MR) is 70.6 cm³/mol. The largest absolute Gasteiger partial charge is 0.478 e. The highest BCUT2D eigenvalue weighted by molar-refractivity contribution is 5.87. The molecular formula is C14H13N3O2. The molecule has 1 atom stereocenters. The summed E-state index contributed by atoms with van der Waals surface area (Å²) < 4.78 is 0. The highest BCUT2D eigenvalue weighted by Crippen LogP contribution is 2.19. The lowest BCUT2D eigenvalue weighted by Crippen LogP contribution is -1.94. The van der Waals surface area contributed by atoms with E-state index in [9.17, 15) is 4.79 Å². The van der Waals surface area contributed by atoms with Gasteiger partial charge in [0, 0.05) is 6.20 Å². The molecule has 96 valence electrons. The molecule has 0 radical (unpaired) electrons. The van der Waals surface area contributed by atoms with E-state index < -0.39 is 5.97 Å². The molecule has 0 aliphatic heterocycles. The van der Waals surface area contributed by atoms with Crippen molar-refractivity contribution in [2.24, 2.45) is 10.2 Å². The van der Waals surface area contributed by atoms with Crippen molar-refractivity contribution >= 4 is 11.7 Å². The highest BCUT2D eigenvalue weighted by atomic mass is 16.4. The number of hydrogen-bond acceptors (Lipinski definition) is 4. The average Bonchev–Trinajstić information content (AvgIpc) is 2.46. The Morgan fingerprint density at radius 2 is 1.95 bits per heavy atom. The molecule has 0 amide bonds. The molecule has 1 aromatic heterocycles. The average molecular weight is 255 g/mol. The quantitative estimate of drug-likeness (QED) is 0.847. The van der Waals surface area contributed by atoms with Gasteiger partial charge in [-0.1, -0.05) is 6.07 Å². The summed E-state index contributed by atoms with van der Waals surface area (Å²) in [5.41, 5.74) is 1.69. The Balaban J connectivity index is 2.08. The van der Waals surface area contributed by atoms with Crippen molar-refractivity contribution in [1.29, 1.82) is 0 Å². The predicted octanol–water partition coefficient (Wildman–Crippen LogP) is 3.62. The first-order valence-corrected chi connectivity index (χ1v) is 5.82. The fourth-order valence-electron chi connectivity index (χ4n) is 1.51. The number of carboxylic acids is 1. The molecule has 0 saturated heterocycles. The van der Waals surface area contributed by atoms with Gasteiger partial charge in [-0.15, -0.1) is 0 Å². The van der Waals surface area contributed by atoms with E-state index >= 15 is 0 Å². The molecule has 0 saturated carbocycles. The van der Waals surface area contributed by atoms with Gasteiger partial charge in [0.1, 0.15) is 6.04 Å². The summed E-state index contributed by atoms with van der Waals surface area (Å²) in [5, 5.41) is 17.0. The number of nitrogens with zero attached hydrogens (tertiary/aromatic N) is 3. The van der Waals surface area contributed by atoms with Gasteiger partial charge in [0.15, 0.2) is 0 Å². The molecule has 5 heteroatoms. The molecule has 0 aliphatic rings. The molecule has 0 fully saturated rings. The van der Waals surface area contributed by atoms with Gasteiger partial charge in [-0.3, -0.25) is 4.98 Å². The second-order valence-corrected chi connectivity index (χ2v) is 4.00. The lowest BCUT2D eigenvalue weighted by molar-refractivity contribution is 0.0697. The minimum atomic E-state index is -0.953. The zero-order valence-electron chi connectivity index (χ0n) is 10.4. The topological polar surface area (TPSA) is 74.9 Å². The number of pyridine rings is 1. The Kier molecular flexibility index (Phi) is 3.97. The standard InChI is InChI=1S/C14H13N3O2/c1-10(13-4-2-3-9-15-13)16-17-12-7-5-11(6-8-12)14(18)19/h2-10H,1H3,(H,18,19)/t10-/m1/s1. The summed E-state index contributed by atoms with van der Waals surface area (Å²) in [6.07, 6.45) is 1.71. The number of rotatable bonds is 4. The maximum atomic E-state index is 10.7. The van der Waals surface area contributed by atoms with Crippen molar-refractivity contribution in [3.05, 3.63) is 59.9 Å². The number of aromatic nitrogens is 1. The van der Waals surface area contributed by atoms with Crippen LogP contribution in [0.25, 0.3) is 0 Å². The van der Waals surface area contributed by atoms with Crippen LogP contribution in [0.1, 0.15) is 29.0 Å². The molecule has 2 aromatic rings. The summed E-state index contributed by atoms with van der Waals surface area (Å²) in [5.74, 6) is -0.953. The lowest BCUT2D eigenvalue weighted by Gasteiger charge is -2.03. The van der Waals surface area contributed by atoms with Gasteiger partial charge < -0.3 is 5.11 Å². The van der Waals surface area contributed by atoms with Crippen molar-refractivity contribution in [3.63, 3.8) is 0 Å². The third-order valence-electron chi connectivity index (χ3n) is 2.58. The minimum Gasteiger partial charge on any atom is -0.478 e. The van der Waals surface area contributed by atoms with Crippen molar-refractivity contribution in [3.8, 4) is 0 Å². The maximum Gasteiger partial charge on any atom is 0.335 e. The van der Waals surface area contributed by atoms with Crippen molar-refractivity contribution in [2.75, 3.05) is 0 Å². The summed E-state index contributed by atoms with van der Waals surface area (Å²) >= 11 is 0. The van der Waals surface area contributed by atoms with Gasteiger partial charge in [-0.25, -0.2) is 4.79 Å². The molecule has 1 aromatic carbocycles. The van der Waals surface area contributed by atoms with Crippen LogP contribution in [0.15, 0.2) is 58.9 Å². The summed E-state index contributed by atoms with van der Waals surface area (Å²) in [7, 11) is 0. The molecule has 1 heterocycles. The second-order valence-electron chi connectivity index (χ2n) is 4.00. The molecule has 0 spiro atoms. The smallest absolute Gasteiger partial charge is 0.335 e. The molecule has 1 N–H and O–H groups in total. The molecule has 19 heavy (non-hydrogen) atoms. The Hall–Kier alpha value is -2.56. The van der Waals surface area contributed by atoms with Crippen LogP contribution in [0.5, 0.6) is 0 Å². The van der Waals surface area contributed by atoms with Gasteiger partial charge in [-0.05, 0) is 43.3 Å².